The zero-order valence-corrected chi connectivity index (χ0v) is 11.1. The zero-order chi connectivity index (χ0) is 13.8. The van der Waals surface area contributed by atoms with Crippen molar-refractivity contribution in [2.24, 2.45) is 5.73 Å². The third-order valence-corrected chi connectivity index (χ3v) is 2.97. The van der Waals surface area contributed by atoms with E-state index in [-0.39, 0.29) is 12.5 Å². The first kappa shape index (κ1) is 13.7. The van der Waals surface area contributed by atoms with Crippen molar-refractivity contribution in [1.29, 1.82) is 0 Å². The Hall–Kier alpha value is -1.69. The fourth-order valence-corrected chi connectivity index (χ4v) is 1.94. The Morgan fingerprint density at radius 3 is 3.05 bits per heavy atom. The molecule has 2 aromatic rings. The Morgan fingerprint density at radius 2 is 2.32 bits per heavy atom. The van der Waals surface area contributed by atoms with E-state index in [9.17, 15) is 4.79 Å². The van der Waals surface area contributed by atoms with Crippen molar-refractivity contribution in [3.05, 3.63) is 35.5 Å². The highest BCUT2D eigenvalue weighted by Gasteiger charge is 2.15. The second kappa shape index (κ2) is 5.97. The molecule has 2 rings (SSSR count). The van der Waals surface area contributed by atoms with Gasteiger partial charge in [-0.3, -0.25) is 9.78 Å². The van der Waals surface area contributed by atoms with Crippen molar-refractivity contribution in [3.8, 4) is 0 Å². The summed E-state index contributed by atoms with van der Waals surface area (Å²) in [7, 11) is 1.49. The number of amides is 1. The summed E-state index contributed by atoms with van der Waals surface area (Å²) in [5, 5.41) is 4.06. The van der Waals surface area contributed by atoms with Gasteiger partial charge in [-0.25, -0.2) is 0 Å². The van der Waals surface area contributed by atoms with E-state index in [4.69, 9.17) is 22.1 Å². The molecular formula is C13H14ClN3O2. The monoisotopic (exact) mass is 279 g/mol. The SMILES string of the molecule is COCC(N)C(=O)Nc1ccc(Cl)c2ncccc12. The Bertz CT molecular complexity index is 603. The minimum Gasteiger partial charge on any atom is -0.383 e. The number of benzene rings is 1. The Labute approximate surface area is 115 Å². The van der Waals surface area contributed by atoms with Crippen molar-refractivity contribution in [3.63, 3.8) is 0 Å². The number of nitrogens with zero attached hydrogens (tertiary/aromatic N) is 1. The van der Waals surface area contributed by atoms with Crippen LogP contribution in [0.4, 0.5) is 5.69 Å². The number of nitrogens with one attached hydrogen (secondary N) is 1. The number of carbonyl (C=O) groups is 1. The van der Waals surface area contributed by atoms with Crippen molar-refractivity contribution >= 4 is 34.1 Å². The molecule has 0 aliphatic rings. The molecular weight excluding hydrogens is 266 g/mol. The van der Waals surface area contributed by atoms with Crippen LogP contribution in [0.2, 0.25) is 5.02 Å². The van der Waals surface area contributed by atoms with Crippen LogP contribution in [-0.2, 0) is 9.53 Å². The topological polar surface area (TPSA) is 77.2 Å². The summed E-state index contributed by atoms with van der Waals surface area (Å²) in [6.45, 7) is 0.162. The predicted octanol–water partition coefficient (Wildman–Crippen LogP) is 1.80. The largest absolute Gasteiger partial charge is 0.383 e. The first-order valence-electron chi connectivity index (χ1n) is 5.72. The van der Waals surface area contributed by atoms with Crippen LogP contribution in [0.3, 0.4) is 0 Å². The van der Waals surface area contributed by atoms with Crippen molar-refractivity contribution in [2.75, 3.05) is 19.0 Å². The van der Waals surface area contributed by atoms with Gasteiger partial charge < -0.3 is 15.8 Å². The number of hydrogen-bond acceptors (Lipinski definition) is 4. The highest BCUT2D eigenvalue weighted by atomic mass is 35.5. The lowest BCUT2D eigenvalue weighted by Gasteiger charge is -2.13. The van der Waals surface area contributed by atoms with Gasteiger partial charge in [0.25, 0.3) is 0 Å². The number of hydrogen-bond donors (Lipinski definition) is 2. The molecule has 0 saturated heterocycles. The summed E-state index contributed by atoms with van der Waals surface area (Å²) < 4.78 is 4.85. The van der Waals surface area contributed by atoms with Crippen LogP contribution < -0.4 is 11.1 Å². The highest BCUT2D eigenvalue weighted by molar-refractivity contribution is 6.35. The van der Waals surface area contributed by atoms with Crippen LogP contribution in [0.1, 0.15) is 0 Å². The predicted molar refractivity (Wildman–Crippen MR) is 75.2 cm³/mol. The maximum absolute atomic E-state index is 11.9. The summed E-state index contributed by atoms with van der Waals surface area (Å²) in [6, 6.07) is 6.32. The van der Waals surface area contributed by atoms with Gasteiger partial charge in [0.05, 0.1) is 22.8 Å². The van der Waals surface area contributed by atoms with Crippen LogP contribution in [0, 0.1) is 0 Å². The van der Waals surface area contributed by atoms with E-state index in [0.717, 1.165) is 5.39 Å². The van der Waals surface area contributed by atoms with E-state index >= 15 is 0 Å². The molecule has 3 N–H and O–H groups in total. The number of aromatic nitrogens is 1. The fraction of sp³-hybridized carbons (Fsp3) is 0.231. The van der Waals surface area contributed by atoms with E-state index in [2.05, 4.69) is 10.3 Å². The highest BCUT2D eigenvalue weighted by Crippen LogP contribution is 2.27. The van der Waals surface area contributed by atoms with Crippen molar-refractivity contribution in [1.82, 2.24) is 4.98 Å². The normalized spacial score (nSPS) is 12.4. The van der Waals surface area contributed by atoms with Crippen LogP contribution in [0.5, 0.6) is 0 Å². The Kier molecular flexibility index (Phi) is 4.31. The lowest BCUT2D eigenvalue weighted by molar-refractivity contribution is -0.118. The average molecular weight is 280 g/mol. The van der Waals surface area contributed by atoms with Crippen LogP contribution >= 0.6 is 11.6 Å². The third kappa shape index (κ3) is 3.01. The first-order valence-corrected chi connectivity index (χ1v) is 6.10. The molecule has 0 bridgehead atoms. The van der Waals surface area contributed by atoms with Gasteiger partial charge in [-0.05, 0) is 24.3 Å². The molecule has 6 heteroatoms. The number of methoxy groups -OCH3 is 1. The van der Waals surface area contributed by atoms with E-state index in [1.54, 1.807) is 24.4 Å². The molecule has 100 valence electrons. The Morgan fingerprint density at radius 1 is 1.53 bits per heavy atom. The number of halogens is 1. The number of nitrogens with two attached hydrogens (primary N) is 1. The maximum Gasteiger partial charge on any atom is 0.243 e. The van der Waals surface area contributed by atoms with Gasteiger partial charge in [0.15, 0.2) is 0 Å². The molecule has 0 aliphatic heterocycles. The van der Waals surface area contributed by atoms with Crippen molar-refractivity contribution in [2.45, 2.75) is 6.04 Å². The second-order valence-electron chi connectivity index (χ2n) is 4.05. The minimum atomic E-state index is -0.715. The van der Waals surface area contributed by atoms with E-state index < -0.39 is 6.04 Å². The van der Waals surface area contributed by atoms with Gasteiger partial charge in [0, 0.05) is 18.7 Å². The number of ether oxygens (including phenoxy) is 1. The van der Waals surface area contributed by atoms with Gasteiger partial charge in [0.1, 0.15) is 6.04 Å². The Balaban J connectivity index is 2.31. The molecule has 1 aromatic carbocycles. The van der Waals surface area contributed by atoms with Crippen LogP contribution in [-0.4, -0.2) is 30.6 Å². The van der Waals surface area contributed by atoms with Gasteiger partial charge >= 0.3 is 0 Å². The number of rotatable bonds is 4. The summed E-state index contributed by atoms with van der Waals surface area (Å²) in [6.07, 6.45) is 1.65. The van der Waals surface area contributed by atoms with Gasteiger partial charge in [-0.15, -0.1) is 0 Å². The molecule has 0 saturated carbocycles. The zero-order valence-electron chi connectivity index (χ0n) is 10.4. The smallest absolute Gasteiger partial charge is 0.243 e. The molecule has 0 spiro atoms. The molecule has 19 heavy (non-hydrogen) atoms. The third-order valence-electron chi connectivity index (χ3n) is 2.66. The van der Waals surface area contributed by atoms with Gasteiger partial charge in [-0.2, -0.15) is 0 Å². The van der Waals surface area contributed by atoms with Gasteiger partial charge in [-0.1, -0.05) is 11.6 Å². The maximum atomic E-state index is 11.9. The van der Waals surface area contributed by atoms with Crippen molar-refractivity contribution < 1.29 is 9.53 Å². The molecule has 1 aromatic heterocycles. The molecule has 0 radical (unpaired) electrons. The average Bonchev–Trinajstić information content (AvgIpc) is 2.42. The summed E-state index contributed by atoms with van der Waals surface area (Å²) >= 11 is 6.06. The molecule has 1 heterocycles. The molecule has 5 nitrogen and oxygen atoms in total. The number of carbonyl (C=O) groups excluding carboxylic acids is 1. The first-order chi connectivity index (χ1) is 9.13. The number of pyridine rings is 1. The van der Waals surface area contributed by atoms with Crippen LogP contribution in [0.25, 0.3) is 10.9 Å². The number of anilines is 1. The molecule has 0 aliphatic carbocycles. The molecule has 0 fully saturated rings. The van der Waals surface area contributed by atoms with E-state index in [0.29, 0.717) is 16.2 Å². The number of fused-ring (bicyclic) bond motifs is 1. The fourth-order valence-electron chi connectivity index (χ4n) is 1.73. The molecule has 1 unspecified atom stereocenters. The lowest BCUT2D eigenvalue weighted by Crippen LogP contribution is -2.39. The lowest BCUT2D eigenvalue weighted by atomic mass is 10.1. The summed E-state index contributed by atoms with van der Waals surface area (Å²) in [5.74, 6) is -0.311. The summed E-state index contributed by atoms with van der Waals surface area (Å²) in [4.78, 5) is 16.1. The standard InChI is InChI=1S/C13H14ClN3O2/c1-19-7-10(15)13(18)17-11-5-4-9(14)12-8(11)3-2-6-16-12/h2-6,10H,7,15H2,1H3,(H,17,18). The molecule has 1 amide bonds. The van der Waals surface area contributed by atoms with E-state index in [1.807, 2.05) is 6.07 Å². The summed E-state index contributed by atoms with van der Waals surface area (Å²) in [5.41, 5.74) is 6.94. The minimum absolute atomic E-state index is 0.162. The van der Waals surface area contributed by atoms with E-state index in [1.165, 1.54) is 7.11 Å². The molecule has 1 atom stereocenters. The van der Waals surface area contributed by atoms with Gasteiger partial charge in [0.2, 0.25) is 5.91 Å². The second-order valence-corrected chi connectivity index (χ2v) is 4.45. The van der Waals surface area contributed by atoms with Crippen LogP contribution in [0.15, 0.2) is 30.5 Å². The quantitative estimate of drug-likeness (QED) is 0.895.